The van der Waals surface area contributed by atoms with Gasteiger partial charge in [-0.2, -0.15) is 0 Å². The van der Waals surface area contributed by atoms with Crippen LogP contribution < -0.4 is 0 Å². The summed E-state index contributed by atoms with van der Waals surface area (Å²) in [6.45, 7) is 5.55. The molecule has 0 aromatic carbocycles. The Kier molecular flexibility index (Phi) is 6.05. The maximum Gasteiger partial charge on any atom is 0.150 e. The molecule has 0 fully saturated rings. The predicted molar refractivity (Wildman–Crippen MR) is 68.7 cm³/mol. The van der Waals surface area contributed by atoms with Gasteiger partial charge in [-0.15, -0.1) is 0 Å². The largest absolute Gasteiger partial charge is 0.377 e. The van der Waals surface area contributed by atoms with E-state index in [1.54, 1.807) is 6.08 Å². The lowest BCUT2D eigenvalue weighted by Gasteiger charge is -2.19. The van der Waals surface area contributed by atoms with Crippen molar-refractivity contribution < 1.29 is 17.9 Å². The second kappa shape index (κ2) is 6.31. The van der Waals surface area contributed by atoms with Gasteiger partial charge in [0.2, 0.25) is 0 Å². The Bertz CT molecular complexity index is 374. The average molecular weight is 262 g/mol. The summed E-state index contributed by atoms with van der Waals surface area (Å²) in [5, 5.41) is 0. The first-order valence-electron chi connectivity index (χ1n) is 5.47. The standard InChI is InChI=1S/C12H22O4S/c1-12(2,3)11(13)9-10(16-4)7-6-8-17(5,14)15/h6-7,10H,8-9H2,1-5H3/b7-6-. The first kappa shape index (κ1) is 16.3. The van der Waals surface area contributed by atoms with Gasteiger partial charge in [0, 0.05) is 25.2 Å². The summed E-state index contributed by atoms with van der Waals surface area (Å²) in [5.41, 5.74) is -0.401. The number of ether oxygens (including phenoxy) is 1. The zero-order valence-electron chi connectivity index (χ0n) is 11.2. The minimum atomic E-state index is -3.01. The Hall–Kier alpha value is -0.680. The highest BCUT2D eigenvalue weighted by molar-refractivity contribution is 7.90. The van der Waals surface area contributed by atoms with E-state index in [0.717, 1.165) is 0 Å². The van der Waals surface area contributed by atoms with Crippen LogP contribution in [0.5, 0.6) is 0 Å². The number of methoxy groups -OCH3 is 1. The van der Waals surface area contributed by atoms with Gasteiger partial charge < -0.3 is 4.74 Å². The molecular formula is C12H22O4S. The number of carbonyl (C=O) groups excluding carboxylic acids is 1. The topological polar surface area (TPSA) is 60.4 Å². The van der Waals surface area contributed by atoms with E-state index >= 15 is 0 Å². The predicted octanol–water partition coefficient (Wildman–Crippen LogP) is 1.61. The molecule has 1 unspecified atom stereocenters. The van der Waals surface area contributed by atoms with Crippen LogP contribution in [0.1, 0.15) is 27.2 Å². The second-order valence-corrected chi connectivity index (χ2v) is 7.36. The molecule has 5 heteroatoms. The van der Waals surface area contributed by atoms with Gasteiger partial charge in [0.1, 0.15) is 5.78 Å². The molecule has 0 rings (SSSR count). The Balaban J connectivity index is 4.41. The van der Waals surface area contributed by atoms with Crippen LogP contribution in [0.15, 0.2) is 12.2 Å². The quantitative estimate of drug-likeness (QED) is 0.682. The van der Waals surface area contributed by atoms with Crippen LogP contribution in [-0.4, -0.2) is 39.4 Å². The van der Waals surface area contributed by atoms with E-state index in [-0.39, 0.29) is 24.1 Å². The SMILES string of the molecule is COC(/C=C\CS(C)(=O)=O)CC(=O)C(C)(C)C. The molecule has 0 aromatic heterocycles. The number of hydrogen-bond acceptors (Lipinski definition) is 4. The molecule has 0 saturated heterocycles. The molecule has 1 atom stereocenters. The van der Waals surface area contributed by atoms with Gasteiger partial charge in [0.15, 0.2) is 9.84 Å². The van der Waals surface area contributed by atoms with Crippen LogP contribution in [-0.2, 0) is 19.4 Å². The molecule has 0 aliphatic carbocycles. The van der Waals surface area contributed by atoms with Crippen molar-refractivity contribution in [1.29, 1.82) is 0 Å². The molecule has 0 aromatic rings. The van der Waals surface area contributed by atoms with Crippen LogP contribution in [0.3, 0.4) is 0 Å². The third-order valence-electron chi connectivity index (χ3n) is 2.28. The molecular weight excluding hydrogens is 240 g/mol. The maximum absolute atomic E-state index is 11.8. The number of ketones is 1. The highest BCUT2D eigenvalue weighted by atomic mass is 32.2. The Morgan fingerprint density at radius 1 is 1.35 bits per heavy atom. The zero-order chi connectivity index (χ0) is 13.7. The van der Waals surface area contributed by atoms with Crippen molar-refractivity contribution in [2.75, 3.05) is 19.1 Å². The van der Waals surface area contributed by atoms with Crippen molar-refractivity contribution in [3.63, 3.8) is 0 Å². The third kappa shape index (κ3) is 8.10. The summed E-state index contributed by atoms with van der Waals surface area (Å²) in [7, 11) is -1.51. The van der Waals surface area contributed by atoms with Crippen LogP contribution in [0.2, 0.25) is 0 Å². The molecule has 17 heavy (non-hydrogen) atoms. The number of Topliss-reactive ketones (excluding diaryl/α,β-unsaturated/α-hetero) is 1. The summed E-state index contributed by atoms with van der Waals surface area (Å²) in [4.78, 5) is 11.8. The Morgan fingerprint density at radius 2 is 1.88 bits per heavy atom. The lowest BCUT2D eigenvalue weighted by molar-refractivity contribution is -0.128. The van der Waals surface area contributed by atoms with Gasteiger partial charge in [-0.3, -0.25) is 4.79 Å². The van der Waals surface area contributed by atoms with E-state index in [1.165, 1.54) is 19.4 Å². The normalized spacial score (nSPS) is 15.1. The summed E-state index contributed by atoms with van der Waals surface area (Å²) in [6, 6.07) is 0. The van der Waals surface area contributed by atoms with Gasteiger partial charge in [-0.1, -0.05) is 32.9 Å². The van der Waals surface area contributed by atoms with E-state index in [0.29, 0.717) is 0 Å². The van der Waals surface area contributed by atoms with Crippen LogP contribution in [0, 0.1) is 5.41 Å². The van der Waals surface area contributed by atoms with Gasteiger partial charge >= 0.3 is 0 Å². The minimum absolute atomic E-state index is 0.0312. The molecule has 0 aliphatic rings. The van der Waals surface area contributed by atoms with Crippen molar-refractivity contribution in [1.82, 2.24) is 0 Å². The zero-order valence-corrected chi connectivity index (χ0v) is 12.0. The van der Waals surface area contributed by atoms with E-state index in [9.17, 15) is 13.2 Å². The van der Waals surface area contributed by atoms with Crippen LogP contribution in [0.25, 0.3) is 0 Å². The lowest BCUT2D eigenvalue weighted by Crippen LogP contribution is -2.25. The van der Waals surface area contributed by atoms with Crippen molar-refractivity contribution in [3.05, 3.63) is 12.2 Å². The molecule has 0 radical (unpaired) electrons. The summed E-state index contributed by atoms with van der Waals surface area (Å²) in [5.74, 6) is 0.0599. The molecule has 0 N–H and O–H groups in total. The van der Waals surface area contributed by atoms with Gasteiger partial charge in [-0.25, -0.2) is 8.42 Å². The molecule has 100 valence electrons. The highest BCUT2D eigenvalue weighted by Gasteiger charge is 2.23. The fourth-order valence-corrected chi connectivity index (χ4v) is 1.56. The summed E-state index contributed by atoms with van der Waals surface area (Å²) in [6.07, 6.45) is 4.23. The minimum Gasteiger partial charge on any atom is -0.377 e. The first-order valence-corrected chi connectivity index (χ1v) is 7.53. The molecule has 4 nitrogen and oxygen atoms in total. The summed E-state index contributed by atoms with van der Waals surface area (Å²) >= 11 is 0. The number of hydrogen-bond donors (Lipinski definition) is 0. The number of rotatable bonds is 6. The van der Waals surface area contributed by atoms with E-state index in [2.05, 4.69) is 0 Å². The molecule has 0 bridgehead atoms. The highest BCUT2D eigenvalue weighted by Crippen LogP contribution is 2.18. The van der Waals surface area contributed by atoms with Crippen molar-refractivity contribution >= 4 is 15.6 Å². The van der Waals surface area contributed by atoms with Crippen molar-refractivity contribution in [2.24, 2.45) is 5.41 Å². The Morgan fingerprint density at radius 3 is 2.24 bits per heavy atom. The van der Waals surface area contributed by atoms with E-state index in [1.807, 2.05) is 20.8 Å². The number of carbonyl (C=O) groups is 1. The fourth-order valence-electron chi connectivity index (χ4n) is 1.10. The summed E-state index contributed by atoms with van der Waals surface area (Å²) < 4.78 is 27.0. The molecule has 0 amide bonds. The Labute approximate surface area is 104 Å². The van der Waals surface area contributed by atoms with Gasteiger partial charge in [0.25, 0.3) is 0 Å². The van der Waals surface area contributed by atoms with E-state index < -0.39 is 15.3 Å². The van der Waals surface area contributed by atoms with Crippen molar-refractivity contribution in [3.8, 4) is 0 Å². The van der Waals surface area contributed by atoms with Crippen molar-refractivity contribution in [2.45, 2.75) is 33.3 Å². The smallest absolute Gasteiger partial charge is 0.150 e. The first-order chi connectivity index (χ1) is 7.56. The molecule has 0 saturated carbocycles. The van der Waals surface area contributed by atoms with Gasteiger partial charge in [-0.05, 0) is 0 Å². The fraction of sp³-hybridized carbons (Fsp3) is 0.750. The maximum atomic E-state index is 11.8. The molecule has 0 heterocycles. The molecule has 0 aliphatic heterocycles. The van der Waals surface area contributed by atoms with E-state index in [4.69, 9.17) is 4.74 Å². The average Bonchev–Trinajstić information content (AvgIpc) is 2.12. The molecule has 0 spiro atoms. The lowest BCUT2D eigenvalue weighted by atomic mass is 9.87. The monoisotopic (exact) mass is 262 g/mol. The van der Waals surface area contributed by atoms with Crippen LogP contribution in [0.4, 0.5) is 0 Å². The third-order valence-corrected chi connectivity index (χ3v) is 3.07. The van der Waals surface area contributed by atoms with Gasteiger partial charge in [0.05, 0.1) is 11.9 Å². The van der Waals surface area contributed by atoms with Crippen LogP contribution >= 0.6 is 0 Å². The second-order valence-electron chi connectivity index (χ2n) is 5.17. The number of sulfone groups is 1.